The molecule has 0 aliphatic carbocycles. The van der Waals surface area contributed by atoms with E-state index in [0.29, 0.717) is 17.9 Å². The van der Waals surface area contributed by atoms with Crippen LogP contribution in [-0.2, 0) is 6.42 Å². The summed E-state index contributed by atoms with van der Waals surface area (Å²) in [6.45, 7) is 4.27. The predicted octanol–water partition coefficient (Wildman–Crippen LogP) is 3.14. The maximum absolute atomic E-state index is 13.0. The van der Waals surface area contributed by atoms with Gasteiger partial charge in [-0.2, -0.15) is 0 Å². The Bertz CT molecular complexity index is 316. The first-order chi connectivity index (χ1) is 7.51. The van der Waals surface area contributed by atoms with Crippen molar-refractivity contribution in [1.82, 2.24) is 5.32 Å². The third-order valence-corrected chi connectivity index (χ3v) is 2.57. The third kappa shape index (κ3) is 4.27. The van der Waals surface area contributed by atoms with Crippen LogP contribution in [-0.4, -0.2) is 13.1 Å². The molecule has 0 aromatic heterocycles. The lowest BCUT2D eigenvalue weighted by molar-refractivity contribution is 0.439. The fourth-order valence-electron chi connectivity index (χ4n) is 1.89. The molecule has 0 aliphatic rings. The Morgan fingerprint density at radius 3 is 2.12 bits per heavy atom. The first-order valence-corrected chi connectivity index (χ1v) is 5.63. The van der Waals surface area contributed by atoms with Crippen molar-refractivity contribution in [3.8, 4) is 0 Å². The molecule has 0 fully saturated rings. The SMILES string of the molecule is CNC(Cc1cc(F)cc(F)c1)CC(C)C. The number of halogens is 2. The molecule has 90 valence electrons. The van der Waals surface area contributed by atoms with Crippen molar-refractivity contribution in [3.05, 3.63) is 35.4 Å². The number of likely N-dealkylation sites (N-methyl/N-ethyl adjacent to an activating group) is 1. The van der Waals surface area contributed by atoms with Crippen molar-refractivity contribution in [2.75, 3.05) is 7.05 Å². The molecule has 0 heterocycles. The molecule has 0 spiro atoms. The lowest BCUT2D eigenvalue weighted by Gasteiger charge is -2.18. The number of nitrogens with one attached hydrogen (secondary N) is 1. The van der Waals surface area contributed by atoms with E-state index in [9.17, 15) is 8.78 Å². The molecule has 1 nitrogen and oxygen atoms in total. The van der Waals surface area contributed by atoms with Gasteiger partial charge in [-0.15, -0.1) is 0 Å². The second-order valence-electron chi connectivity index (χ2n) is 4.60. The minimum atomic E-state index is -0.505. The third-order valence-electron chi connectivity index (χ3n) is 2.57. The van der Waals surface area contributed by atoms with Crippen LogP contribution in [0.5, 0.6) is 0 Å². The number of hydrogen-bond donors (Lipinski definition) is 1. The topological polar surface area (TPSA) is 12.0 Å². The first-order valence-electron chi connectivity index (χ1n) is 5.63. The van der Waals surface area contributed by atoms with Gasteiger partial charge in [0.25, 0.3) is 0 Å². The molecule has 16 heavy (non-hydrogen) atoms. The largest absolute Gasteiger partial charge is 0.317 e. The summed E-state index contributed by atoms with van der Waals surface area (Å²) in [4.78, 5) is 0. The van der Waals surface area contributed by atoms with Crippen molar-refractivity contribution in [2.24, 2.45) is 5.92 Å². The average Bonchev–Trinajstić information content (AvgIpc) is 2.14. The molecule has 1 rings (SSSR count). The van der Waals surface area contributed by atoms with Gasteiger partial charge in [-0.05, 0) is 43.5 Å². The van der Waals surface area contributed by atoms with Crippen LogP contribution in [0.3, 0.4) is 0 Å². The number of benzene rings is 1. The molecule has 3 heteroatoms. The molecule has 1 aromatic carbocycles. The molecular weight excluding hydrogens is 208 g/mol. The summed E-state index contributed by atoms with van der Waals surface area (Å²) in [6, 6.07) is 3.96. The molecule has 0 aliphatic heterocycles. The van der Waals surface area contributed by atoms with Gasteiger partial charge in [0.05, 0.1) is 0 Å². The van der Waals surface area contributed by atoms with E-state index in [-0.39, 0.29) is 6.04 Å². The molecule has 1 atom stereocenters. The van der Waals surface area contributed by atoms with Gasteiger partial charge in [-0.25, -0.2) is 8.78 Å². The summed E-state index contributed by atoms with van der Waals surface area (Å²) in [5.74, 6) is -0.445. The van der Waals surface area contributed by atoms with Crippen molar-refractivity contribution >= 4 is 0 Å². The molecule has 1 unspecified atom stereocenters. The Morgan fingerprint density at radius 1 is 1.12 bits per heavy atom. The van der Waals surface area contributed by atoms with E-state index in [2.05, 4.69) is 19.2 Å². The predicted molar refractivity (Wildman–Crippen MR) is 62.4 cm³/mol. The van der Waals surface area contributed by atoms with Gasteiger partial charge in [-0.3, -0.25) is 0 Å². The highest BCUT2D eigenvalue weighted by molar-refractivity contribution is 5.18. The van der Waals surface area contributed by atoms with Crippen LogP contribution in [0.4, 0.5) is 8.78 Å². The van der Waals surface area contributed by atoms with Gasteiger partial charge in [0.15, 0.2) is 0 Å². The standard InChI is InChI=1S/C13H19F2N/c1-9(2)4-13(16-3)7-10-5-11(14)8-12(15)6-10/h5-6,8-9,13,16H,4,7H2,1-3H3. The van der Waals surface area contributed by atoms with E-state index in [1.54, 1.807) is 0 Å². The van der Waals surface area contributed by atoms with Crippen LogP contribution < -0.4 is 5.32 Å². The van der Waals surface area contributed by atoms with Gasteiger partial charge in [0.1, 0.15) is 11.6 Å². The highest BCUT2D eigenvalue weighted by Crippen LogP contribution is 2.13. The van der Waals surface area contributed by atoms with Crippen LogP contribution in [0.2, 0.25) is 0 Å². The fourth-order valence-corrected chi connectivity index (χ4v) is 1.89. The normalized spacial score (nSPS) is 13.1. The maximum Gasteiger partial charge on any atom is 0.126 e. The van der Waals surface area contributed by atoms with Gasteiger partial charge in [0.2, 0.25) is 0 Å². The van der Waals surface area contributed by atoms with Crippen molar-refractivity contribution < 1.29 is 8.78 Å². The van der Waals surface area contributed by atoms with Crippen LogP contribution in [0.1, 0.15) is 25.8 Å². The Hall–Kier alpha value is -0.960. The molecule has 0 saturated heterocycles. The van der Waals surface area contributed by atoms with E-state index >= 15 is 0 Å². The zero-order chi connectivity index (χ0) is 12.1. The Morgan fingerprint density at radius 2 is 1.69 bits per heavy atom. The second-order valence-corrected chi connectivity index (χ2v) is 4.60. The smallest absolute Gasteiger partial charge is 0.126 e. The summed E-state index contributed by atoms with van der Waals surface area (Å²) < 4.78 is 26.0. The number of hydrogen-bond acceptors (Lipinski definition) is 1. The summed E-state index contributed by atoms with van der Waals surface area (Å²) >= 11 is 0. The van der Waals surface area contributed by atoms with Crippen LogP contribution in [0.15, 0.2) is 18.2 Å². The van der Waals surface area contributed by atoms with Gasteiger partial charge < -0.3 is 5.32 Å². The quantitative estimate of drug-likeness (QED) is 0.814. The zero-order valence-corrected chi connectivity index (χ0v) is 10.1. The lowest BCUT2D eigenvalue weighted by atomic mass is 9.97. The molecule has 0 radical (unpaired) electrons. The highest BCUT2D eigenvalue weighted by atomic mass is 19.1. The average molecular weight is 227 g/mol. The minimum Gasteiger partial charge on any atom is -0.317 e. The van der Waals surface area contributed by atoms with Crippen molar-refractivity contribution in [3.63, 3.8) is 0 Å². The maximum atomic E-state index is 13.0. The first kappa shape index (κ1) is 13.1. The minimum absolute atomic E-state index is 0.265. The van der Waals surface area contributed by atoms with Crippen LogP contribution >= 0.6 is 0 Å². The van der Waals surface area contributed by atoms with E-state index in [1.807, 2.05) is 7.05 Å². The van der Waals surface area contributed by atoms with E-state index in [1.165, 1.54) is 12.1 Å². The molecule has 0 saturated carbocycles. The Kier molecular flexibility index (Phi) is 4.87. The van der Waals surface area contributed by atoms with Gasteiger partial charge in [-0.1, -0.05) is 13.8 Å². The molecule has 1 aromatic rings. The van der Waals surface area contributed by atoms with E-state index in [0.717, 1.165) is 12.5 Å². The highest BCUT2D eigenvalue weighted by Gasteiger charge is 2.10. The van der Waals surface area contributed by atoms with Crippen molar-refractivity contribution in [2.45, 2.75) is 32.7 Å². The molecule has 1 N–H and O–H groups in total. The summed E-state index contributed by atoms with van der Waals surface area (Å²) in [5.41, 5.74) is 0.706. The monoisotopic (exact) mass is 227 g/mol. The summed E-state index contributed by atoms with van der Waals surface area (Å²) in [6.07, 6.45) is 1.65. The zero-order valence-electron chi connectivity index (χ0n) is 10.1. The second kappa shape index (κ2) is 5.94. The Balaban J connectivity index is 2.69. The Labute approximate surface area is 95.9 Å². The van der Waals surface area contributed by atoms with E-state index in [4.69, 9.17) is 0 Å². The molecule has 0 bridgehead atoms. The number of rotatable bonds is 5. The summed E-state index contributed by atoms with van der Waals surface area (Å²) in [5, 5.41) is 3.18. The van der Waals surface area contributed by atoms with Gasteiger partial charge in [0, 0.05) is 12.1 Å². The van der Waals surface area contributed by atoms with Gasteiger partial charge >= 0.3 is 0 Å². The van der Waals surface area contributed by atoms with Crippen LogP contribution in [0, 0.1) is 17.6 Å². The van der Waals surface area contributed by atoms with E-state index < -0.39 is 11.6 Å². The van der Waals surface area contributed by atoms with Crippen molar-refractivity contribution in [1.29, 1.82) is 0 Å². The lowest BCUT2D eigenvalue weighted by Crippen LogP contribution is -2.29. The van der Waals surface area contributed by atoms with Crippen LogP contribution in [0.25, 0.3) is 0 Å². The fraction of sp³-hybridized carbons (Fsp3) is 0.538. The molecular formula is C13H19F2N. The summed E-state index contributed by atoms with van der Waals surface area (Å²) in [7, 11) is 1.88. The molecule has 0 amide bonds.